The molecule has 5 rings (SSSR count). The first-order valence-electron chi connectivity index (χ1n) is 11.0. The molecular weight excluding hydrogens is 432 g/mol. The van der Waals surface area contributed by atoms with Crippen LogP contribution >= 0.6 is 0 Å². The molecule has 0 saturated carbocycles. The van der Waals surface area contributed by atoms with Crippen molar-refractivity contribution in [2.45, 2.75) is 0 Å². The molecule has 1 saturated heterocycles. The number of aliphatic imine (C=N–C) groups is 1. The number of anilines is 1. The monoisotopic (exact) mass is 456 g/mol. The average molecular weight is 457 g/mol. The number of nitrogens with one attached hydrogen (secondary N) is 1. The largest absolute Gasteiger partial charge is 0.494 e. The number of H-pyrrole nitrogens is 1. The maximum Gasteiger partial charge on any atom is 0.271 e. The lowest BCUT2D eigenvalue weighted by Crippen LogP contribution is -2.44. The van der Waals surface area contributed by atoms with Crippen molar-refractivity contribution in [1.82, 2.24) is 14.9 Å². The van der Waals surface area contributed by atoms with Crippen LogP contribution < -0.4 is 4.90 Å². The van der Waals surface area contributed by atoms with Crippen LogP contribution in [-0.4, -0.2) is 63.8 Å². The number of aromatic hydroxyl groups is 1. The van der Waals surface area contributed by atoms with E-state index in [1.165, 1.54) is 12.1 Å². The Morgan fingerprint density at radius 2 is 1.88 bits per heavy atom. The lowest BCUT2D eigenvalue weighted by atomic mass is 10.0. The van der Waals surface area contributed by atoms with Gasteiger partial charge in [0.2, 0.25) is 0 Å². The van der Waals surface area contributed by atoms with E-state index in [1.54, 1.807) is 24.5 Å². The molecule has 0 atom stereocenters. The molecule has 0 bridgehead atoms. The Labute approximate surface area is 196 Å². The van der Waals surface area contributed by atoms with Crippen LogP contribution in [0.4, 0.5) is 17.1 Å². The molecule has 0 amide bonds. The van der Waals surface area contributed by atoms with Crippen molar-refractivity contribution in [2.24, 2.45) is 4.99 Å². The lowest BCUT2D eigenvalue weighted by molar-refractivity contribution is -0.384. The summed E-state index contributed by atoms with van der Waals surface area (Å²) in [6, 6.07) is 16.2. The summed E-state index contributed by atoms with van der Waals surface area (Å²) in [6.45, 7) is 4.02. The van der Waals surface area contributed by atoms with Crippen molar-refractivity contribution < 1.29 is 10.0 Å². The normalized spacial score (nSPS) is 15.1. The Morgan fingerprint density at radius 1 is 1.12 bits per heavy atom. The zero-order valence-electron chi connectivity index (χ0n) is 18.7. The third-order valence-corrected chi connectivity index (χ3v) is 6.10. The van der Waals surface area contributed by atoms with Gasteiger partial charge in [-0.15, -0.1) is 0 Å². The van der Waals surface area contributed by atoms with Crippen LogP contribution in [0.25, 0.3) is 10.9 Å². The van der Waals surface area contributed by atoms with E-state index in [1.807, 2.05) is 18.2 Å². The summed E-state index contributed by atoms with van der Waals surface area (Å²) in [4.78, 5) is 27.3. The zero-order chi connectivity index (χ0) is 23.7. The van der Waals surface area contributed by atoms with E-state index in [4.69, 9.17) is 4.99 Å². The molecule has 0 spiro atoms. The fourth-order valence-corrected chi connectivity index (χ4v) is 4.22. The number of nitro groups is 1. The number of rotatable bonds is 5. The second-order valence-corrected chi connectivity index (χ2v) is 8.34. The smallest absolute Gasteiger partial charge is 0.271 e. The molecule has 2 N–H and O–H groups in total. The van der Waals surface area contributed by atoms with Gasteiger partial charge in [-0.3, -0.25) is 15.1 Å². The first-order chi connectivity index (χ1) is 16.5. The zero-order valence-corrected chi connectivity index (χ0v) is 18.7. The minimum absolute atomic E-state index is 0.0559. The summed E-state index contributed by atoms with van der Waals surface area (Å²) < 4.78 is 0. The van der Waals surface area contributed by atoms with Gasteiger partial charge in [-0.1, -0.05) is 0 Å². The van der Waals surface area contributed by atoms with E-state index in [0.717, 1.165) is 43.1 Å². The quantitative estimate of drug-likeness (QED) is 0.266. The number of hydrogen-bond acceptors (Lipinski definition) is 7. The molecule has 34 heavy (non-hydrogen) atoms. The van der Waals surface area contributed by atoms with E-state index in [-0.39, 0.29) is 11.6 Å². The molecule has 0 unspecified atom stereocenters. The standard InChI is InChI=1S/C25H24N6O3/c1-29-11-13-30(14-12-29)19-6-4-18(5-7-19)27-24(17-3-2-10-26-16-17)23-21-9-8-20(31(33)34)15-22(21)28-25(23)32/h2-10,15-16,28,32H,11-14H2,1H3. The summed E-state index contributed by atoms with van der Waals surface area (Å²) in [7, 11) is 2.13. The predicted octanol–water partition coefficient (Wildman–Crippen LogP) is 4.10. The molecular formula is C25H24N6O3. The van der Waals surface area contributed by atoms with Crippen molar-refractivity contribution in [3.05, 3.63) is 88.2 Å². The highest BCUT2D eigenvalue weighted by Gasteiger charge is 2.21. The maximum atomic E-state index is 11.2. The fraction of sp³-hybridized carbons (Fsp3) is 0.200. The molecule has 2 aromatic carbocycles. The fourth-order valence-electron chi connectivity index (χ4n) is 4.22. The van der Waals surface area contributed by atoms with Crippen LogP contribution in [0.2, 0.25) is 0 Å². The van der Waals surface area contributed by atoms with Crippen LogP contribution in [0.1, 0.15) is 11.1 Å². The molecule has 1 aliphatic heterocycles. The van der Waals surface area contributed by atoms with Gasteiger partial charge in [0.25, 0.3) is 5.69 Å². The average Bonchev–Trinajstić information content (AvgIpc) is 3.18. The minimum atomic E-state index is -0.463. The second-order valence-electron chi connectivity index (χ2n) is 8.34. The third-order valence-electron chi connectivity index (χ3n) is 6.10. The molecule has 3 heterocycles. The van der Waals surface area contributed by atoms with Crippen LogP contribution in [0.3, 0.4) is 0 Å². The van der Waals surface area contributed by atoms with E-state index >= 15 is 0 Å². The molecule has 1 aliphatic rings. The molecule has 9 heteroatoms. The Hall–Kier alpha value is -4.24. The van der Waals surface area contributed by atoms with Gasteiger partial charge >= 0.3 is 0 Å². The van der Waals surface area contributed by atoms with Crippen molar-refractivity contribution in [2.75, 3.05) is 38.1 Å². The highest BCUT2D eigenvalue weighted by molar-refractivity contribution is 6.21. The van der Waals surface area contributed by atoms with Crippen molar-refractivity contribution >= 4 is 33.7 Å². The topological polar surface area (TPSA) is 111 Å². The van der Waals surface area contributed by atoms with Gasteiger partial charge < -0.3 is 19.9 Å². The summed E-state index contributed by atoms with van der Waals surface area (Å²) in [5.41, 5.74) is 4.01. The van der Waals surface area contributed by atoms with Crippen molar-refractivity contribution in [3.8, 4) is 5.88 Å². The third kappa shape index (κ3) is 4.20. The Balaban J connectivity index is 1.57. The summed E-state index contributed by atoms with van der Waals surface area (Å²) in [6.07, 6.45) is 3.35. The molecule has 1 fully saturated rings. The number of nitro benzene ring substituents is 1. The van der Waals surface area contributed by atoms with E-state index in [0.29, 0.717) is 22.2 Å². The number of piperazine rings is 1. The number of aromatic amines is 1. The number of likely N-dealkylation sites (N-methyl/N-ethyl adjacent to an activating group) is 1. The number of fused-ring (bicyclic) bond motifs is 1. The van der Waals surface area contributed by atoms with E-state index in [2.05, 4.69) is 38.9 Å². The number of non-ortho nitro benzene ring substituents is 1. The molecule has 9 nitrogen and oxygen atoms in total. The summed E-state index contributed by atoms with van der Waals surface area (Å²) in [5.74, 6) is -0.104. The van der Waals surface area contributed by atoms with Crippen molar-refractivity contribution in [1.29, 1.82) is 0 Å². The van der Waals surface area contributed by atoms with Gasteiger partial charge in [0, 0.05) is 67.3 Å². The summed E-state index contributed by atoms with van der Waals surface area (Å²) >= 11 is 0. The highest BCUT2D eigenvalue weighted by Crippen LogP contribution is 2.33. The number of benzene rings is 2. The van der Waals surface area contributed by atoms with E-state index in [9.17, 15) is 15.2 Å². The number of pyridine rings is 1. The SMILES string of the molecule is CN1CCN(c2ccc(N=C(c3cccnc3)c3c(O)[nH]c4cc([N+](=O)[O-])ccc34)cc2)CC1. The van der Waals surface area contributed by atoms with Gasteiger partial charge in [0.1, 0.15) is 0 Å². The van der Waals surface area contributed by atoms with Gasteiger partial charge in [-0.05, 0) is 49.5 Å². The van der Waals surface area contributed by atoms with Gasteiger partial charge in [0.15, 0.2) is 5.88 Å². The minimum Gasteiger partial charge on any atom is -0.494 e. The maximum absolute atomic E-state index is 11.2. The first kappa shape index (κ1) is 21.6. The number of nitrogens with zero attached hydrogens (tertiary/aromatic N) is 5. The number of hydrogen-bond donors (Lipinski definition) is 2. The Kier molecular flexibility index (Phi) is 5.69. The molecule has 0 aliphatic carbocycles. The number of aromatic nitrogens is 2. The van der Waals surface area contributed by atoms with Crippen molar-refractivity contribution in [3.63, 3.8) is 0 Å². The summed E-state index contributed by atoms with van der Waals surface area (Å²) in [5, 5.41) is 22.6. The highest BCUT2D eigenvalue weighted by atomic mass is 16.6. The predicted molar refractivity (Wildman–Crippen MR) is 132 cm³/mol. The Bertz CT molecular complexity index is 1360. The Morgan fingerprint density at radius 3 is 2.56 bits per heavy atom. The van der Waals surface area contributed by atoms with E-state index < -0.39 is 4.92 Å². The molecule has 0 radical (unpaired) electrons. The second kappa shape index (κ2) is 8.95. The van der Waals surface area contributed by atoms with Gasteiger partial charge in [-0.2, -0.15) is 0 Å². The van der Waals surface area contributed by atoms with Gasteiger partial charge in [-0.25, -0.2) is 4.99 Å². The molecule has 2 aromatic heterocycles. The van der Waals surface area contributed by atoms with Crippen LogP contribution in [0.15, 0.2) is 72.0 Å². The lowest BCUT2D eigenvalue weighted by Gasteiger charge is -2.34. The first-order valence-corrected chi connectivity index (χ1v) is 11.0. The van der Waals surface area contributed by atoms with Crippen LogP contribution in [0, 0.1) is 10.1 Å². The van der Waals surface area contributed by atoms with Crippen LogP contribution in [0.5, 0.6) is 5.88 Å². The van der Waals surface area contributed by atoms with Gasteiger partial charge in [0.05, 0.1) is 27.4 Å². The van der Waals surface area contributed by atoms with Crippen LogP contribution in [-0.2, 0) is 0 Å². The molecule has 172 valence electrons. The molecule has 4 aromatic rings.